The monoisotopic (exact) mass is 229 g/mol. The average Bonchev–Trinajstić information content (AvgIpc) is 2.27. The number of aryl methyl sites for hydroxylation is 2. The van der Waals surface area contributed by atoms with E-state index in [0.717, 1.165) is 27.7 Å². The Labute approximate surface area is 100 Å². The first kappa shape index (κ1) is 11.6. The van der Waals surface area contributed by atoms with E-state index in [1.54, 1.807) is 6.92 Å². The second kappa shape index (κ2) is 4.17. The fourth-order valence-electron chi connectivity index (χ4n) is 2.09. The quantitative estimate of drug-likeness (QED) is 0.861. The number of aromatic nitrogens is 1. The lowest BCUT2D eigenvalue weighted by Gasteiger charge is -2.11. The van der Waals surface area contributed by atoms with Crippen LogP contribution in [0.3, 0.4) is 0 Å². The highest BCUT2D eigenvalue weighted by atomic mass is 16.4. The molecule has 3 heteroatoms. The molecule has 0 aliphatic heterocycles. The van der Waals surface area contributed by atoms with Crippen molar-refractivity contribution in [2.75, 3.05) is 0 Å². The van der Waals surface area contributed by atoms with Crippen LogP contribution in [0.15, 0.2) is 24.3 Å². The molecule has 0 spiro atoms. The van der Waals surface area contributed by atoms with Gasteiger partial charge in [0.1, 0.15) is 0 Å². The maximum Gasteiger partial charge on any atom is 0.310 e. The number of para-hydroxylation sites is 1. The van der Waals surface area contributed by atoms with Crippen molar-refractivity contribution in [1.29, 1.82) is 0 Å². The second-order valence-electron chi connectivity index (χ2n) is 4.38. The van der Waals surface area contributed by atoms with Crippen molar-refractivity contribution in [3.63, 3.8) is 0 Å². The van der Waals surface area contributed by atoms with Gasteiger partial charge in [-0.05, 0) is 38.0 Å². The number of benzene rings is 1. The van der Waals surface area contributed by atoms with Crippen LogP contribution in [0.4, 0.5) is 0 Å². The van der Waals surface area contributed by atoms with E-state index in [-0.39, 0.29) is 0 Å². The number of hydrogen-bond acceptors (Lipinski definition) is 2. The zero-order valence-electron chi connectivity index (χ0n) is 10.2. The molecule has 1 aromatic heterocycles. The molecule has 3 nitrogen and oxygen atoms in total. The lowest BCUT2D eigenvalue weighted by molar-refractivity contribution is -0.138. The SMILES string of the molecule is Cc1cc(C)c2cccc(C(C)C(=O)O)c2n1. The topological polar surface area (TPSA) is 50.2 Å². The Balaban J connectivity index is 2.77. The number of carboxylic acids is 1. The Hall–Kier alpha value is -1.90. The number of rotatable bonds is 2. The Bertz CT molecular complexity index is 590. The fraction of sp³-hybridized carbons (Fsp3) is 0.286. The van der Waals surface area contributed by atoms with Crippen molar-refractivity contribution < 1.29 is 9.90 Å². The lowest BCUT2D eigenvalue weighted by atomic mass is 9.96. The number of aliphatic carboxylic acids is 1. The van der Waals surface area contributed by atoms with Gasteiger partial charge in [0.15, 0.2) is 0 Å². The predicted octanol–water partition coefficient (Wildman–Crippen LogP) is 3.04. The van der Waals surface area contributed by atoms with Gasteiger partial charge in [-0.25, -0.2) is 0 Å². The molecule has 0 radical (unpaired) electrons. The van der Waals surface area contributed by atoms with Crippen LogP contribution in [0.1, 0.15) is 29.7 Å². The maximum absolute atomic E-state index is 11.1. The van der Waals surface area contributed by atoms with Crippen LogP contribution in [0.5, 0.6) is 0 Å². The van der Waals surface area contributed by atoms with Crippen LogP contribution >= 0.6 is 0 Å². The zero-order valence-corrected chi connectivity index (χ0v) is 10.2. The highest BCUT2D eigenvalue weighted by molar-refractivity contribution is 5.89. The molecule has 0 saturated heterocycles. The average molecular weight is 229 g/mol. The number of hydrogen-bond donors (Lipinski definition) is 1. The largest absolute Gasteiger partial charge is 0.481 e. The minimum Gasteiger partial charge on any atom is -0.481 e. The molecule has 2 aromatic rings. The van der Waals surface area contributed by atoms with Crippen LogP contribution in [0, 0.1) is 13.8 Å². The Morgan fingerprint density at radius 3 is 2.71 bits per heavy atom. The molecule has 1 heterocycles. The van der Waals surface area contributed by atoms with Gasteiger partial charge in [-0.3, -0.25) is 9.78 Å². The van der Waals surface area contributed by atoms with Gasteiger partial charge < -0.3 is 5.11 Å². The van der Waals surface area contributed by atoms with Gasteiger partial charge >= 0.3 is 5.97 Å². The van der Waals surface area contributed by atoms with E-state index in [1.807, 2.05) is 38.1 Å². The molecule has 88 valence electrons. The Morgan fingerprint density at radius 2 is 2.06 bits per heavy atom. The van der Waals surface area contributed by atoms with Gasteiger partial charge in [0, 0.05) is 11.1 Å². The molecule has 1 aromatic carbocycles. The van der Waals surface area contributed by atoms with Gasteiger partial charge in [0.05, 0.1) is 11.4 Å². The highest BCUT2D eigenvalue weighted by Crippen LogP contribution is 2.26. The number of pyridine rings is 1. The Kier molecular flexibility index (Phi) is 2.84. The molecule has 0 bridgehead atoms. The van der Waals surface area contributed by atoms with Crippen LogP contribution in [0.25, 0.3) is 10.9 Å². The summed E-state index contributed by atoms with van der Waals surface area (Å²) in [7, 11) is 0. The van der Waals surface area contributed by atoms with Crippen LogP contribution < -0.4 is 0 Å². The summed E-state index contributed by atoms with van der Waals surface area (Å²) in [6.07, 6.45) is 0. The third-order valence-electron chi connectivity index (χ3n) is 3.04. The molecule has 0 aliphatic carbocycles. The van der Waals surface area contributed by atoms with E-state index in [2.05, 4.69) is 4.98 Å². The number of fused-ring (bicyclic) bond motifs is 1. The lowest BCUT2D eigenvalue weighted by Crippen LogP contribution is -2.08. The molecule has 0 fully saturated rings. The van der Waals surface area contributed by atoms with Crippen molar-refractivity contribution in [3.05, 3.63) is 41.1 Å². The number of nitrogens with zero attached hydrogens (tertiary/aromatic N) is 1. The molecule has 17 heavy (non-hydrogen) atoms. The van der Waals surface area contributed by atoms with Crippen molar-refractivity contribution >= 4 is 16.9 Å². The molecular weight excluding hydrogens is 214 g/mol. The van der Waals surface area contributed by atoms with Gasteiger partial charge in [0.2, 0.25) is 0 Å². The van der Waals surface area contributed by atoms with Crippen molar-refractivity contribution in [2.24, 2.45) is 0 Å². The first-order valence-corrected chi connectivity index (χ1v) is 5.60. The van der Waals surface area contributed by atoms with Crippen molar-refractivity contribution in [2.45, 2.75) is 26.7 Å². The summed E-state index contributed by atoms with van der Waals surface area (Å²) in [4.78, 5) is 15.6. The Morgan fingerprint density at radius 1 is 1.35 bits per heavy atom. The summed E-state index contributed by atoms with van der Waals surface area (Å²) in [5.41, 5.74) is 3.63. The summed E-state index contributed by atoms with van der Waals surface area (Å²) in [6.45, 7) is 5.64. The van der Waals surface area contributed by atoms with Crippen molar-refractivity contribution in [1.82, 2.24) is 4.98 Å². The first-order valence-electron chi connectivity index (χ1n) is 5.60. The first-order chi connectivity index (χ1) is 8.00. The molecule has 0 amide bonds. The molecule has 0 saturated carbocycles. The minimum absolute atomic E-state index is 0.535. The third kappa shape index (κ3) is 2.00. The maximum atomic E-state index is 11.1. The fourth-order valence-corrected chi connectivity index (χ4v) is 2.09. The number of carboxylic acid groups (broad SMARTS) is 1. The molecule has 1 unspecified atom stereocenters. The summed E-state index contributed by atoms with van der Waals surface area (Å²) in [5, 5.41) is 10.1. The van der Waals surface area contributed by atoms with Gasteiger partial charge in [-0.2, -0.15) is 0 Å². The van der Waals surface area contributed by atoms with Gasteiger partial charge in [-0.15, -0.1) is 0 Å². The third-order valence-corrected chi connectivity index (χ3v) is 3.04. The van der Waals surface area contributed by atoms with E-state index < -0.39 is 11.9 Å². The smallest absolute Gasteiger partial charge is 0.310 e. The number of carbonyl (C=O) groups is 1. The summed E-state index contributed by atoms with van der Waals surface area (Å²) in [6, 6.07) is 7.72. The van der Waals surface area contributed by atoms with E-state index in [9.17, 15) is 4.79 Å². The van der Waals surface area contributed by atoms with E-state index in [0.29, 0.717) is 0 Å². The van der Waals surface area contributed by atoms with Crippen LogP contribution in [-0.4, -0.2) is 16.1 Å². The summed E-state index contributed by atoms with van der Waals surface area (Å²) >= 11 is 0. The van der Waals surface area contributed by atoms with Gasteiger partial charge in [0.25, 0.3) is 0 Å². The minimum atomic E-state index is -0.821. The molecule has 2 rings (SSSR count). The highest BCUT2D eigenvalue weighted by Gasteiger charge is 2.17. The zero-order chi connectivity index (χ0) is 12.6. The van der Waals surface area contributed by atoms with Crippen LogP contribution in [-0.2, 0) is 4.79 Å². The standard InChI is InChI=1S/C14H15NO2/c1-8-7-9(2)15-13-11(8)5-4-6-12(13)10(3)14(16)17/h4-7,10H,1-3H3,(H,16,17). The van der Waals surface area contributed by atoms with Gasteiger partial charge in [-0.1, -0.05) is 18.2 Å². The molecule has 0 aliphatic rings. The van der Waals surface area contributed by atoms with Crippen LogP contribution in [0.2, 0.25) is 0 Å². The second-order valence-corrected chi connectivity index (χ2v) is 4.38. The summed E-state index contributed by atoms with van der Waals surface area (Å²) < 4.78 is 0. The van der Waals surface area contributed by atoms with E-state index in [4.69, 9.17) is 5.11 Å². The van der Waals surface area contributed by atoms with E-state index >= 15 is 0 Å². The predicted molar refractivity (Wildman–Crippen MR) is 67.3 cm³/mol. The summed E-state index contributed by atoms with van der Waals surface area (Å²) in [5.74, 6) is -1.36. The van der Waals surface area contributed by atoms with Crippen molar-refractivity contribution in [3.8, 4) is 0 Å². The molecular formula is C14H15NO2. The molecule has 1 atom stereocenters. The normalized spacial score (nSPS) is 12.6. The molecule has 1 N–H and O–H groups in total. The van der Waals surface area contributed by atoms with E-state index in [1.165, 1.54) is 0 Å².